The van der Waals surface area contributed by atoms with Crippen molar-refractivity contribution in [3.05, 3.63) is 88.7 Å². The van der Waals surface area contributed by atoms with Crippen molar-refractivity contribution < 1.29 is 9.18 Å². The Hall–Kier alpha value is -2.66. The molecule has 28 heavy (non-hydrogen) atoms. The predicted molar refractivity (Wildman–Crippen MR) is 114 cm³/mol. The van der Waals surface area contributed by atoms with Gasteiger partial charge in [-0.2, -0.15) is 0 Å². The molecule has 0 saturated carbocycles. The number of halogens is 1. The first-order valence-electron chi connectivity index (χ1n) is 9.32. The van der Waals surface area contributed by atoms with Crippen molar-refractivity contribution in [3.8, 4) is 0 Å². The van der Waals surface area contributed by atoms with E-state index in [1.807, 2.05) is 61.7 Å². The second kappa shape index (κ2) is 9.51. The van der Waals surface area contributed by atoms with Gasteiger partial charge < -0.3 is 5.32 Å². The summed E-state index contributed by atoms with van der Waals surface area (Å²) in [5.41, 5.74) is 3.21. The van der Waals surface area contributed by atoms with Gasteiger partial charge in [-0.25, -0.2) is 4.39 Å². The topological polar surface area (TPSA) is 41.5 Å². The maximum atomic E-state index is 13.9. The Kier molecular flexibility index (Phi) is 6.82. The molecule has 3 nitrogen and oxygen atoms in total. The van der Waals surface area contributed by atoms with Crippen LogP contribution in [0.15, 0.2) is 81.7 Å². The zero-order valence-corrected chi connectivity index (χ0v) is 16.8. The number of nitrogens with zero attached hydrogens (tertiary/aromatic N) is 1. The molecule has 144 valence electrons. The van der Waals surface area contributed by atoms with Gasteiger partial charge in [0.15, 0.2) is 0 Å². The third-order valence-electron chi connectivity index (χ3n) is 4.36. The third-order valence-corrected chi connectivity index (χ3v) is 5.36. The zero-order valence-electron chi connectivity index (χ0n) is 16.0. The summed E-state index contributed by atoms with van der Waals surface area (Å²) >= 11 is 1.58. The minimum atomic E-state index is -0.297. The van der Waals surface area contributed by atoms with Crippen LogP contribution in [0.1, 0.15) is 31.4 Å². The molecule has 5 heteroatoms. The number of fused-ring (bicyclic) bond motifs is 1. The molecule has 1 aliphatic rings. The van der Waals surface area contributed by atoms with Gasteiger partial charge in [0, 0.05) is 34.7 Å². The lowest BCUT2D eigenvalue weighted by atomic mass is 10.00. The fourth-order valence-corrected chi connectivity index (χ4v) is 3.95. The van der Waals surface area contributed by atoms with E-state index in [0.29, 0.717) is 13.0 Å². The maximum Gasteiger partial charge on any atom is 0.227 e. The van der Waals surface area contributed by atoms with E-state index in [1.54, 1.807) is 17.8 Å². The van der Waals surface area contributed by atoms with E-state index in [1.165, 1.54) is 12.1 Å². The highest BCUT2D eigenvalue weighted by molar-refractivity contribution is 8.02. The number of amides is 1. The fourth-order valence-electron chi connectivity index (χ4n) is 3.09. The average molecular weight is 395 g/mol. The Bertz CT molecular complexity index is 949. The molecule has 0 saturated heterocycles. The van der Waals surface area contributed by atoms with E-state index < -0.39 is 0 Å². The first kappa shape index (κ1) is 20.1. The number of benzene rings is 2. The van der Waals surface area contributed by atoms with Crippen molar-refractivity contribution in [1.82, 2.24) is 5.32 Å². The molecular weight excluding hydrogens is 371 g/mol. The number of hydrogen-bond donors (Lipinski definition) is 1. The largest absolute Gasteiger partial charge is 0.356 e. The van der Waals surface area contributed by atoms with Gasteiger partial charge in [-0.15, -0.1) is 0 Å². The van der Waals surface area contributed by atoms with Crippen LogP contribution in [0.3, 0.4) is 0 Å². The average Bonchev–Trinajstić information content (AvgIpc) is 2.88. The van der Waals surface area contributed by atoms with Crippen molar-refractivity contribution in [2.24, 2.45) is 10.9 Å². The van der Waals surface area contributed by atoms with Crippen LogP contribution >= 0.6 is 11.8 Å². The van der Waals surface area contributed by atoms with Gasteiger partial charge in [0.2, 0.25) is 5.91 Å². The van der Waals surface area contributed by atoms with Gasteiger partial charge in [0.25, 0.3) is 0 Å². The normalized spacial score (nSPS) is 14.7. The molecule has 2 aromatic carbocycles. The molecular formula is C23H23FN2OS. The molecule has 1 aliphatic heterocycles. The van der Waals surface area contributed by atoms with Crippen molar-refractivity contribution in [3.63, 3.8) is 0 Å². The summed E-state index contributed by atoms with van der Waals surface area (Å²) in [6.45, 7) is 4.39. The summed E-state index contributed by atoms with van der Waals surface area (Å²) < 4.78 is 13.9. The van der Waals surface area contributed by atoms with E-state index in [0.717, 1.165) is 27.4 Å². The number of aliphatic imine (C=N–C) groups is 1. The highest BCUT2D eigenvalue weighted by Gasteiger charge is 2.20. The van der Waals surface area contributed by atoms with Crippen molar-refractivity contribution in [2.75, 3.05) is 6.54 Å². The van der Waals surface area contributed by atoms with Crippen LogP contribution in [0.25, 0.3) is 0 Å². The van der Waals surface area contributed by atoms with Gasteiger partial charge in [-0.3, -0.25) is 9.79 Å². The van der Waals surface area contributed by atoms with E-state index in [2.05, 4.69) is 5.32 Å². The highest BCUT2D eigenvalue weighted by Crippen LogP contribution is 2.33. The smallest absolute Gasteiger partial charge is 0.227 e. The molecule has 3 rings (SSSR count). The molecule has 0 bridgehead atoms. The molecule has 0 fully saturated rings. The van der Waals surface area contributed by atoms with Crippen LogP contribution in [0.4, 0.5) is 4.39 Å². The number of rotatable bonds is 6. The molecule has 0 radical (unpaired) electrons. The monoisotopic (exact) mass is 394 g/mol. The van der Waals surface area contributed by atoms with Crippen LogP contribution in [0, 0.1) is 11.7 Å². The Morgan fingerprint density at radius 3 is 2.82 bits per heavy atom. The summed E-state index contributed by atoms with van der Waals surface area (Å²) in [6, 6.07) is 14.4. The van der Waals surface area contributed by atoms with Gasteiger partial charge in [-0.05, 0) is 37.5 Å². The van der Waals surface area contributed by atoms with Gasteiger partial charge in [0.1, 0.15) is 5.82 Å². The van der Waals surface area contributed by atoms with Crippen LogP contribution in [-0.2, 0) is 4.79 Å². The number of nitrogens with one attached hydrogen (secondary N) is 1. The summed E-state index contributed by atoms with van der Waals surface area (Å²) in [5.74, 6) is -0.611. The molecule has 0 aliphatic carbocycles. The van der Waals surface area contributed by atoms with Crippen LogP contribution in [0.5, 0.6) is 0 Å². The van der Waals surface area contributed by atoms with E-state index in [4.69, 9.17) is 4.99 Å². The molecule has 1 atom stereocenters. The summed E-state index contributed by atoms with van der Waals surface area (Å²) in [6.07, 6.45) is 4.26. The van der Waals surface area contributed by atoms with Crippen molar-refractivity contribution in [2.45, 2.75) is 25.2 Å². The van der Waals surface area contributed by atoms with E-state index in [9.17, 15) is 9.18 Å². The number of carbonyl (C=O) groups excluding carboxylic acids is 1. The van der Waals surface area contributed by atoms with Gasteiger partial charge >= 0.3 is 0 Å². The quantitative estimate of drug-likeness (QED) is 0.673. The first-order valence-corrected chi connectivity index (χ1v) is 10.2. The standard InChI is InChI=1S/C23H23FN2OS/c1-3-8-17(23(27)25-4-2)14-19-15-28-21-12-6-5-11-20(21)22(26-19)16-9-7-10-18(24)13-16/h3,5-13,15,17H,4,14H2,1-2H3,(H,25,27)/b8-3-. The summed E-state index contributed by atoms with van der Waals surface area (Å²) in [5, 5.41) is 4.87. The lowest BCUT2D eigenvalue weighted by Gasteiger charge is -2.13. The molecule has 1 N–H and O–H groups in total. The molecule has 0 aromatic heterocycles. The second-order valence-electron chi connectivity index (χ2n) is 6.42. The minimum absolute atomic E-state index is 0.0178. The predicted octanol–water partition coefficient (Wildman–Crippen LogP) is 5.33. The Morgan fingerprint density at radius 1 is 1.25 bits per heavy atom. The zero-order chi connectivity index (χ0) is 19.9. The Balaban J connectivity index is 2.01. The Morgan fingerprint density at radius 2 is 2.07 bits per heavy atom. The Labute approximate surface area is 169 Å². The van der Waals surface area contributed by atoms with Gasteiger partial charge in [-0.1, -0.05) is 54.2 Å². The number of carbonyl (C=O) groups is 1. The lowest BCUT2D eigenvalue weighted by Crippen LogP contribution is -2.29. The third kappa shape index (κ3) is 4.78. The molecule has 1 heterocycles. The van der Waals surface area contributed by atoms with Crippen LogP contribution in [-0.4, -0.2) is 18.2 Å². The minimum Gasteiger partial charge on any atom is -0.356 e. The summed E-state index contributed by atoms with van der Waals surface area (Å²) in [4.78, 5) is 18.3. The van der Waals surface area contributed by atoms with Crippen LogP contribution < -0.4 is 5.32 Å². The molecule has 1 unspecified atom stereocenters. The van der Waals surface area contributed by atoms with E-state index in [-0.39, 0.29) is 17.6 Å². The number of hydrogen-bond acceptors (Lipinski definition) is 3. The molecule has 0 spiro atoms. The highest BCUT2D eigenvalue weighted by atomic mass is 32.2. The summed E-state index contributed by atoms with van der Waals surface area (Å²) in [7, 11) is 0. The van der Waals surface area contributed by atoms with Gasteiger partial charge in [0.05, 0.1) is 11.6 Å². The van der Waals surface area contributed by atoms with E-state index >= 15 is 0 Å². The van der Waals surface area contributed by atoms with Crippen molar-refractivity contribution >= 4 is 23.4 Å². The number of thioether (sulfide) groups is 1. The lowest BCUT2D eigenvalue weighted by molar-refractivity contribution is -0.123. The second-order valence-corrected chi connectivity index (χ2v) is 7.34. The number of allylic oxidation sites excluding steroid dienone is 2. The maximum absolute atomic E-state index is 13.9. The van der Waals surface area contributed by atoms with Crippen molar-refractivity contribution in [1.29, 1.82) is 0 Å². The fraction of sp³-hybridized carbons (Fsp3) is 0.217. The SMILES string of the molecule is C/C=C\C(CC1=CSc2ccccc2C(c2cccc(F)c2)=N1)C(=O)NCC. The first-order chi connectivity index (χ1) is 13.6. The molecule has 1 amide bonds. The van der Waals surface area contributed by atoms with Crippen LogP contribution in [0.2, 0.25) is 0 Å². The molecule has 2 aromatic rings.